The molecule has 1 amide bonds. The summed E-state index contributed by atoms with van der Waals surface area (Å²) in [6, 6.07) is 21.7. The maximum Gasteiger partial charge on any atom is 0.251 e. The number of unbranched alkanes of at least 4 members (excludes halogenated alkanes) is 1. The number of nitrogens with one attached hydrogen (secondary N) is 1. The number of carbonyl (C=O) groups is 1. The zero-order valence-corrected chi connectivity index (χ0v) is 21.4. The van der Waals surface area contributed by atoms with Crippen molar-refractivity contribution in [1.82, 2.24) is 14.9 Å². The van der Waals surface area contributed by atoms with Crippen molar-refractivity contribution in [3.8, 4) is 11.5 Å². The first-order valence-corrected chi connectivity index (χ1v) is 12.6. The number of aryl methyl sites for hydroxylation is 4. The minimum atomic E-state index is -0.0741. The highest BCUT2D eigenvalue weighted by Crippen LogP contribution is 2.20. The number of hydrogen-bond acceptors (Lipinski definition) is 4. The minimum absolute atomic E-state index is 0.0741. The van der Waals surface area contributed by atoms with Crippen molar-refractivity contribution in [1.29, 1.82) is 0 Å². The monoisotopic (exact) mass is 485 g/mol. The van der Waals surface area contributed by atoms with Crippen molar-refractivity contribution in [3.05, 3.63) is 89.2 Å². The maximum absolute atomic E-state index is 12.4. The lowest BCUT2D eigenvalue weighted by Gasteiger charge is -2.12. The van der Waals surface area contributed by atoms with Crippen molar-refractivity contribution in [3.63, 3.8) is 0 Å². The second kappa shape index (κ2) is 12.2. The minimum Gasteiger partial charge on any atom is -0.497 e. The molecule has 0 unspecified atom stereocenters. The van der Waals surface area contributed by atoms with Gasteiger partial charge < -0.3 is 19.4 Å². The number of hydrogen-bond donors (Lipinski definition) is 1. The third-order valence-corrected chi connectivity index (χ3v) is 6.31. The first kappa shape index (κ1) is 25.3. The normalized spacial score (nSPS) is 11.0. The van der Waals surface area contributed by atoms with Gasteiger partial charge in [-0.1, -0.05) is 29.8 Å². The first-order valence-electron chi connectivity index (χ1n) is 12.6. The van der Waals surface area contributed by atoms with Crippen LogP contribution >= 0.6 is 0 Å². The smallest absolute Gasteiger partial charge is 0.251 e. The fourth-order valence-corrected chi connectivity index (χ4v) is 4.37. The van der Waals surface area contributed by atoms with E-state index in [1.54, 1.807) is 31.4 Å². The molecular formula is C30H35N3O3. The molecule has 0 aliphatic carbocycles. The molecule has 4 rings (SSSR count). The first-order chi connectivity index (χ1) is 17.5. The molecule has 6 nitrogen and oxygen atoms in total. The Labute approximate surface area is 213 Å². The van der Waals surface area contributed by atoms with Gasteiger partial charge in [-0.05, 0) is 81.1 Å². The number of ether oxygens (including phenoxy) is 2. The van der Waals surface area contributed by atoms with Crippen LogP contribution in [0.1, 0.15) is 46.6 Å². The Morgan fingerprint density at radius 3 is 2.56 bits per heavy atom. The molecule has 0 saturated heterocycles. The average Bonchev–Trinajstić information content (AvgIpc) is 3.24. The number of aromatic nitrogens is 2. The number of nitrogens with zero attached hydrogens (tertiary/aromatic N) is 2. The molecular weight excluding hydrogens is 450 g/mol. The van der Waals surface area contributed by atoms with Crippen LogP contribution in [0.5, 0.6) is 11.5 Å². The summed E-state index contributed by atoms with van der Waals surface area (Å²) in [5, 5.41) is 3.01. The van der Waals surface area contributed by atoms with Gasteiger partial charge in [-0.25, -0.2) is 4.98 Å². The van der Waals surface area contributed by atoms with Crippen LogP contribution in [0.15, 0.2) is 66.7 Å². The largest absolute Gasteiger partial charge is 0.497 e. The summed E-state index contributed by atoms with van der Waals surface area (Å²) in [6.45, 7) is 6.37. The SMILES string of the molecule is COc1ccc(C(=O)NCCCc2nc3ccccc3n2CCCCOc2ccc(C)cc2C)cc1. The van der Waals surface area contributed by atoms with Gasteiger partial charge in [0.1, 0.15) is 17.3 Å². The predicted molar refractivity (Wildman–Crippen MR) is 144 cm³/mol. The third kappa shape index (κ3) is 6.45. The van der Waals surface area contributed by atoms with E-state index in [0.29, 0.717) is 18.7 Å². The molecule has 36 heavy (non-hydrogen) atoms. The van der Waals surface area contributed by atoms with Gasteiger partial charge in [0.25, 0.3) is 5.91 Å². The Kier molecular flexibility index (Phi) is 8.61. The van der Waals surface area contributed by atoms with Gasteiger partial charge in [-0.2, -0.15) is 0 Å². The topological polar surface area (TPSA) is 65.4 Å². The van der Waals surface area contributed by atoms with E-state index < -0.39 is 0 Å². The highest BCUT2D eigenvalue weighted by molar-refractivity contribution is 5.94. The number of fused-ring (bicyclic) bond motifs is 1. The van der Waals surface area contributed by atoms with Crippen LogP contribution < -0.4 is 14.8 Å². The molecule has 0 atom stereocenters. The zero-order valence-electron chi connectivity index (χ0n) is 21.4. The standard InChI is InChI=1S/C30H35N3O3/c1-22-12-17-28(23(2)21-22)36-20-7-6-19-33-27-10-5-4-9-26(27)32-29(33)11-8-18-31-30(34)24-13-15-25(35-3)16-14-24/h4-5,9-10,12-17,21H,6-8,11,18-20H2,1-3H3,(H,31,34). The van der Waals surface area contributed by atoms with E-state index >= 15 is 0 Å². The van der Waals surface area contributed by atoms with Crippen LogP contribution in [0.4, 0.5) is 0 Å². The molecule has 0 bridgehead atoms. The van der Waals surface area contributed by atoms with Crippen LogP contribution in [-0.2, 0) is 13.0 Å². The number of carbonyl (C=O) groups excluding carboxylic acids is 1. The summed E-state index contributed by atoms with van der Waals surface area (Å²) < 4.78 is 13.5. The van der Waals surface area contributed by atoms with Crippen molar-refractivity contribution < 1.29 is 14.3 Å². The molecule has 0 aliphatic heterocycles. The fourth-order valence-electron chi connectivity index (χ4n) is 4.37. The summed E-state index contributed by atoms with van der Waals surface area (Å²) in [6.07, 6.45) is 3.60. The molecule has 3 aromatic carbocycles. The molecule has 1 aromatic heterocycles. The molecule has 6 heteroatoms. The van der Waals surface area contributed by atoms with Gasteiger partial charge in [-0.3, -0.25) is 4.79 Å². The quantitative estimate of drug-likeness (QED) is 0.254. The third-order valence-electron chi connectivity index (χ3n) is 6.31. The summed E-state index contributed by atoms with van der Waals surface area (Å²) in [7, 11) is 1.61. The summed E-state index contributed by atoms with van der Waals surface area (Å²) >= 11 is 0. The van der Waals surface area contributed by atoms with Gasteiger partial charge in [0.15, 0.2) is 0 Å². The lowest BCUT2D eigenvalue weighted by molar-refractivity contribution is 0.0953. The zero-order chi connectivity index (χ0) is 25.3. The van der Waals surface area contributed by atoms with Gasteiger partial charge in [0.05, 0.1) is 24.8 Å². The number of imidazole rings is 1. The molecule has 1 N–H and O–H groups in total. The summed E-state index contributed by atoms with van der Waals surface area (Å²) in [4.78, 5) is 17.3. The van der Waals surface area contributed by atoms with E-state index in [0.717, 1.165) is 60.6 Å². The van der Waals surface area contributed by atoms with E-state index in [1.165, 1.54) is 11.1 Å². The van der Waals surface area contributed by atoms with Gasteiger partial charge in [0.2, 0.25) is 0 Å². The van der Waals surface area contributed by atoms with Crippen molar-refractivity contribution in [2.24, 2.45) is 0 Å². The molecule has 0 radical (unpaired) electrons. The molecule has 4 aromatic rings. The van der Waals surface area contributed by atoms with E-state index in [1.807, 2.05) is 6.07 Å². The molecule has 0 spiro atoms. The highest BCUT2D eigenvalue weighted by Gasteiger charge is 2.11. The fraction of sp³-hybridized carbons (Fsp3) is 0.333. The number of amides is 1. The Bertz CT molecular complexity index is 1290. The van der Waals surface area contributed by atoms with Crippen molar-refractivity contribution in [2.45, 2.75) is 46.1 Å². The van der Waals surface area contributed by atoms with Gasteiger partial charge >= 0.3 is 0 Å². The Balaban J connectivity index is 1.28. The molecule has 0 aliphatic rings. The predicted octanol–water partition coefficient (Wildman–Crippen LogP) is 5.88. The summed E-state index contributed by atoms with van der Waals surface area (Å²) in [5.74, 6) is 2.69. The molecule has 188 valence electrons. The maximum atomic E-state index is 12.4. The van der Waals surface area contributed by atoms with Crippen molar-refractivity contribution in [2.75, 3.05) is 20.3 Å². The van der Waals surface area contributed by atoms with E-state index in [-0.39, 0.29) is 5.91 Å². The number of benzene rings is 3. The second-order valence-electron chi connectivity index (χ2n) is 9.08. The van der Waals surface area contributed by atoms with Crippen LogP contribution in [0.25, 0.3) is 11.0 Å². The van der Waals surface area contributed by atoms with Gasteiger partial charge in [-0.15, -0.1) is 0 Å². The molecule has 1 heterocycles. The second-order valence-corrected chi connectivity index (χ2v) is 9.08. The van der Waals surface area contributed by atoms with Crippen LogP contribution in [0.2, 0.25) is 0 Å². The summed E-state index contributed by atoms with van der Waals surface area (Å²) in [5.41, 5.74) is 5.23. The molecule has 0 saturated carbocycles. The lowest BCUT2D eigenvalue weighted by atomic mass is 10.1. The Morgan fingerprint density at radius 2 is 1.78 bits per heavy atom. The number of para-hydroxylation sites is 2. The van der Waals surface area contributed by atoms with Crippen LogP contribution in [0.3, 0.4) is 0 Å². The average molecular weight is 486 g/mol. The van der Waals surface area contributed by atoms with E-state index in [9.17, 15) is 4.79 Å². The van der Waals surface area contributed by atoms with E-state index in [4.69, 9.17) is 14.5 Å². The number of methoxy groups -OCH3 is 1. The van der Waals surface area contributed by atoms with Crippen LogP contribution in [0, 0.1) is 13.8 Å². The Morgan fingerprint density at radius 1 is 0.972 bits per heavy atom. The highest BCUT2D eigenvalue weighted by atomic mass is 16.5. The van der Waals surface area contributed by atoms with Gasteiger partial charge in [0, 0.05) is 25.1 Å². The lowest BCUT2D eigenvalue weighted by Crippen LogP contribution is -2.25. The van der Waals surface area contributed by atoms with Crippen LogP contribution in [-0.4, -0.2) is 35.7 Å². The number of rotatable bonds is 12. The molecule has 0 fully saturated rings. The van der Waals surface area contributed by atoms with E-state index in [2.05, 4.69) is 60.1 Å². The van der Waals surface area contributed by atoms with Crippen molar-refractivity contribution >= 4 is 16.9 Å². The Hall–Kier alpha value is -3.80.